The van der Waals surface area contributed by atoms with Crippen molar-refractivity contribution in [3.63, 3.8) is 0 Å². The molecule has 6 heteroatoms. The number of carbonyl (C=O) groups is 1. The molecule has 0 saturated carbocycles. The lowest BCUT2D eigenvalue weighted by molar-refractivity contribution is -0.121. The first-order chi connectivity index (χ1) is 10.3. The molecule has 1 aromatic rings. The van der Waals surface area contributed by atoms with E-state index in [4.69, 9.17) is 4.74 Å². The summed E-state index contributed by atoms with van der Waals surface area (Å²) in [4.78, 5) is 12.1. The number of hydrogen-bond donors (Lipinski definition) is 2. The Hall–Kier alpha value is -1.17. The van der Waals surface area contributed by atoms with E-state index in [1.165, 1.54) is 12.1 Å². The molecule has 0 aliphatic carbocycles. The van der Waals surface area contributed by atoms with Crippen LogP contribution in [0, 0.1) is 11.2 Å². The van der Waals surface area contributed by atoms with E-state index in [0.29, 0.717) is 13.2 Å². The maximum atomic E-state index is 13.1. The number of rotatable bonds is 8. The number of methoxy groups -OCH3 is 1. The highest BCUT2D eigenvalue weighted by molar-refractivity contribution is 5.85. The SMILES string of the molecule is COCCNCC(=O)NC(CC(C)(C)C)c1ccc(F)cc1.Cl. The molecule has 2 N–H and O–H groups in total. The second-order valence-electron chi connectivity index (χ2n) is 6.61. The van der Waals surface area contributed by atoms with Gasteiger partial charge in [-0.2, -0.15) is 0 Å². The summed E-state index contributed by atoms with van der Waals surface area (Å²) in [6.07, 6.45) is 0.780. The molecule has 0 bridgehead atoms. The number of carbonyl (C=O) groups excluding carboxylic acids is 1. The summed E-state index contributed by atoms with van der Waals surface area (Å²) in [5.74, 6) is -0.347. The van der Waals surface area contributed by atoms with Crippen LogP contribution in [0.25, 0.3) is 0 Å². The van der Waals surface area contributed by atoms with Gasteiger partial charge >= 0.3 is 0 Å². The largest absolute Gasteiger partial charge is 0.383 e. The van der Waals surface area contributed by atoms with Crippen LogP contribution < -0.4 is 10.6 Å². The zero-order chi connectivity index (χ0) is 16.6. The van der Waals surface area contributed by atoms with Crippen molar-refractivity contribution in [1.29, 1.82) is 0 Å². The quantitative estimate of drug-likeness (QED) is 0.711. The fraction of sp³-hybridized carbons (Fsp3) is 0.588. The van der Waals surface area contributed by atoms with Crippen LogP contribution in [-0.4, -0.2) is 32.7 Å². The minimum atomic E-state index is -0.272. The predicted octanol–water partition coefficient (Wildman–Crippen LogP) is 3.08. The first-order valence-electron chi connectivity index (χ1n) is 7.56. The van der Waals surface area contributed by atoms with Crippen LogP contribution in [0.2, 0.25) is 0 Å². The van der Waals surface area contributed by atoms with Crippen molar-refractivity contribution in [2.24, 2.45) is 5.41 Å². The maximum Gasteiger partial charge on any atom is 0.234 e. The first kappa shape index (κ1) is 21.8. The van der Waals surface area contributed by atoms with Crippen LogP contribution in [0.1, 0.15) is 38.8 Å². The highest BCUT2D eigenvalue weighted by atomic mass is 35.5. The molecule has 4 nitrogen and oxygen atoms in total. The van der Waals surface area contributed by atoms with E-state index in [2.05, 4.69) is 31.4 Å². The van der Waals surface area contributed by atoms with Gasteiger partial charge in [-0.3, -0.25) is 4.79 Å². The average molecular weight is 347 g/mol. The highest BCUT2D eigenvalue weighted by Crippen LogP contribution is 2.29. The third-order valence-electron chi connectivity index (χ3n) is 3.19. The standard InChI is InChI=1S/C17H27FN2O2.ClH/c1-17(2,3)11-15(13-5-7-14(18)8-6-13)20-16(21)12-19-9-10-22-4;/h5-8,15,19H,9-12H2,1-4H3,(H,20,21);1H. The van der Waals surface area contributed by atoms with Gasteiger partial charge in [-0.15, -0.1) is 12.4 Å². The molecule has 0 radical (unpaired) electrons. The van der Waals surface area contributed by atoms with Gasteiger partial charge in [0.05, 0.1) is 19.2 Å². The molecule has 0 fully saturated rings. The Bertz CT molecular complexity index is 461. The van der Waals surface area contributed by atoms with Crippen molar-refractivity contribution >= 4 is 18.3 Å². The van der Waals surface area contributed by atoms with E-state index in [0.717, 1.165) is 12.0 Å². The molecular formula is C17H28ClFN2O2. The summed E-state index contributed by atoms with van der Waals surface area (Å²) in [5, 5.41) is 6.04. The van der Waals surface area contributed by atoms with E-state index < -0.39 is 0 Å². The molecular weight excluding hydrogens is 319 g/mol. The van der Waals surface area contributed by atoms with Crippen molar-refractivity contribution in [1.82, 2.24) is 10.6 Å². The molecule has 132 valence electrons. The normalized spacial score (nSPS) is 12.4. The Kier molecular flexibility index (Phi) is 10.0. The van der Waals surface area contributed by atoms with Crippen molar-refractivity contribution < 1.29 is 13.9 Å². The monoisotopic (exact) mass is 346 g/mol. The summed E-state index contributed by atoms with van der Waals surface area (Å²) < 4.78 is 18.0. The number of benzene rings is 1. The molecule has 1 amide bonds. The number of halogens is 2. The zero-order valence-corrected chi connectivity index (χ0v) is 15.1. The maximum absolute atomic E-state index is 13.1. The fourth-order valence-electron chi connectivity index (χ4n) is 2.18. The lowest BCUT2D eigenvalue weighted by Crippen LogP contribution is -2.38. The number of ether oxygens (including phenoxy) is 1. The summed E-state index contributed by atoms with van der Waals surface area (Å²) in [6.45, 7) is 7.79. The predicted molar refractivity (Wildman–Crippen MR) is 93.3 cm³/mol. The average Bonchev–Trinajstić information content (AvgIpc) is 2.42. The van der Waals surface area contributed by atoms with Crippen LogP contribution in [0.5, 0.6) is 0 Å². The summed E-state index contributed by atoms with van der Waals surface area (Å²) in [6, 6.07) is 6.17. The van der Waals surface area contributed by atoms with Crippen LogP contribution in [-0.2, 0) is 9.53 Å². The lowest BCUT2D eigenvalue weighted by atomic mass is 9.85. The summed E-state index contributed by atoms with van der Waals surface area (Å²) in [7, 11) is 1.62. The summed E-state index contributed by atoms with van der Waals surface area (Å²) in [5.41, 5.74) is 0.970. The summed E-state index contributed by atoms with van der Waals surface area (Å²) >= 11 is 0. The molecule has 23 heavy (non-hydrogen) atoms. The number of hydrogen-bond acceptors (Lipinski definition) is 3. The number of nitrogens with one attached hydrogen (secondary N) is 2. The minimum absolute atomic E-state index is 0. The van der Waals surface area contributed by atoms with Gasteiger partial charge in [0.1, 0.15) is 5.82 Å². The molecule has 1 rings (SSSR count). The first-order valence-corrected chi connectivity index (χ1v) is 7.56. The van der Waals surface area contributed by atoms with Crippen LogP contribution in [0.4, 0.5) is 4.39 Å². The Morgan fingerprint density at radius 1 is 1.26 bits per heavy atom. The molecule has 0 heterocycles. The third kappa shape index (κ3) is 9.54. The van der Waals surface area contributed by atoms with Crippen LogP contribution in [0.15, 0.2) is 24.3 Å². The van der Waals surface area contributed by atoms with Gasteiger partial charge in [-0.1, -0.05) is 32.9 Å². The van der Waals surface area contributed by atoms with Crippen molar-refractivity contribution in [3.05, 3.63) is 35.6 Å². The molecule has 1 atom stereocenters. The van der Waals surface area contributed by atoms with E-state index in [-0.39, 0.29) is 42.1 Å². The van der Waals surface area contributed by atoms with Crippen LogP contribution >= 0.6 is 12.4 Å². The van der Waals surface area contributed by atoms with Gasteiger partial charge in [0.15, 0.2) is 0 Å². The van der Waals surface area contributed by atoms with Gasteiger partial charge in [0, 0.05) is 13.7 Å². The van der Waals surface area contributed by atoms with Crippen molar-refractivity contribution in [3.8, 4) is 0 Å². The molecule has 1 aromatic carbocycles. The molecule has 0 spiro atoms. The molecule has 0 aliphatic heterocycles. The van der Waals surface area contributed by atoms with Gasteiger partial charge in [-0.05, 0) is 29.5 Å². The van der Waals surface area contributed by atoms with E-state index in [9.17, 15) is 9.18 Å². The van der Waals surface area contributed by atoms with Gasteiger partial charge in [-0.25, -0.2) is 4.39 Å². The Morgan fingerprint density at radius 2 is 1.87 bits per heavy atom. The van der Waals surface area contributed by atoms with E-state index in [1.54, 1.807) is 19.2 Å². The molecule has 0 saturated heterocycles. The van der Waals surface area contributed by atoms with Gasteiger partial charge in [0.2, 0.25) is 5.91 Å². The van der Waals surface area contributed by atoms with E-state index in [1.807, 2.05) is 0 Å². The van der Waals surface area contributed by atoms with Crippen molar-refractivity contribution in [2.75, 3.05) is 26.8 Å². The Labute approximate surface area is 144 Å². The Morgan fingerprint density at radius 3 is 2.39 bits per heavy atom. The number of amides is 1. The van der Waals surface area contributed by atoms with Crippen LogP contribution in [0.3, 0.4) is 0 Å². The second-order valence-corrected chi connectivity index (χ2v) is 6.61. The second kappa shape index (κ2) is 10.6. The lowest BCUT2D eigenvalue weighted by Gasteiger charge is -2.27. The smallest absolute Gasteiger partial charge is 0.234 e. The van der Waals surface area contributed by atoms with Crippen molar-refractivity contribution in [2.45, 2.75) is 33.2 Å². The van der Waals surface area contributed by atoms with Gasteiger partial charge in [0.25, 0.3) is 0 Å². The molecule has 0 aliphatic rings. The molecule has 1 unspecified atom stereocenters. The third-order valence-corrected chi connectivity index (χ3v) is 3.19. The van der Waals surface area contributed by atoms with E-state index >= 15 is 0 Å². The molecule has 0 aromatic heterocycles. The zero-order valence-electron chi connectivity index (χ0n) is 14.3. The topological polar surface area (TPSA) is 50.4 Å². The fourth-order valence-corrected chi connectivity index (χ4v) is 2.18. The minimum Gasteiger partial charge on any atom is -0.383 e. The Balaban J connectivity index is 0.00000484. The van der Waals surface area contributed by atoms with Gasteiger partial charge < -0.3 is 15.4 Å². The highest BCUT2D eigenvalue weighted by Gasteiger charge is 2.21.